The topological polar surface area (TPSA) is 68.0 Å². The predicted molar refractivity (Wildman–Crippen MR) is 99.8 cm³/mol. The summed E-state index contributed by atoms with van der Waals surface area (Å²) in [5.41, 5.74) is 8.08. The van der Waals surface area contributed by atoms with Gasteiger partial charge >= 0.3 is 0 Å². The number of nitrogens with one attached hydrogen (secondary N) is 1. The number of carbonyl (C=O) groups is 1. The summed E-state index contributed by atoms with van der Waals surface area (Å²) in [4.78, 5) is 16.9. The molecule has 1 unspecified atom stereocenters. The fourth-order valence-electron chi connectivity index (χ4n) is 3.65. The third-order valence-electron chi connectivity index (χ3n) is 5.26. The van der Waals surface area contributed by atoms with Crippen molar-refractivity contribution in [2.75, 3.05) is 6.54 Å². The highest BCUT2D eigenvalue weighted by molar-refractivity contribution is 5.79. The lowest BCUT2D eigenvalue weighted by Gasteiger charge is -2.29. The highest BCUT2D eigenvalue weighted by Gasteiger charge is 2.27. The quantitative estimate of drug-likeness (QED) is 0.850. The van der Waals surface area contributed by atoms with Gasteiger partial charge < -0.3 is 11.1 Å². The summed E-state index contributed by atoms with van der Waals surface area (Å²) in [5, 5.41) is 3.29. The molecule has 25 heavy (non-hydrogen) atoms. The zero-order chi connectivity index (χ0) is 17.5. The Kier molecular flexibility index (Phi) is 6.18. The number of rotatable bonds is 6. The molecule has 1 atom stereocenters. The summed E-state index contributed by atoms with van der Waals surface area (Å²) in [6, 6.07) is 14.2. The van der Waals surface area contributed by atoms with E-state index in [4.69, 9.17) is 5.73 Å². The molecule has 1 fully saturated rings. The van der Waals surface area contributed by atoms with Crippen molar-refractivity contribution in [3.05, 3.63) is 66.0 Å². The van der Waals surface area contributed by atoms with Gasteiger partial charge in [-0.1, -0.05) is 30.3 Å². The van der Waals surface area contributed by atoms with Crippen LogP contribution in [-0.4, -0.2) is 17.4 Å². The molecule has 0 saturated heterocycles. The monoisotopic (exact) mass is 337 g/mol. The van der Waals surface area contributed by atoms with Crippen molar-refractivity contribution in [3.63, 3.8) is 0 Å². The van der Waals surface area contributed by atoms with Gasteiger partial charge in [0.05, 0.1) is 6.04 Å². The van der Waals surface area contributed by atoms with E-state index in [2.05, 4.69) is 22.4 Å². The molecule has 132 valence electrons. The molecule has 1 aliphatic carbocycles. The number of benzene rings is 1. The van der Waals surface area contributed by atoms with Crippen molar-refractivity contribution in [2.24, 2.45) is 17.6 Å². The van der Waals surface area contributed by atoms with E-state index >= 15 is 0 Å². The van der Waals surface area contributed by atoms with Crippen molar-refractivity contribution in [3.8, 4) is 0 Å². The zero-order valence-corrected chi connectivity index (χ0v) is 14.6. The van der Waals surface area contributed by atoms with Crippen LogP contribution in [0.25, 0.3) is 0 Å². The van der Waals surface area contributed by atoms with E-state index in [0.29, 0.717) is 5.92 Å². The third-order valence-corrected chi connectivity index (χ3v) is 5.26. The van der Waals surface area contributed by atoms with Crippen molar-refractivity contribution in [2.45, 2.75) is 38.1 Å². The second-order valence-corrected chi connectivity index (χ2v) is 6.98. The highest BCUT2D eigenvalue weighted by Crippen LogP contribution is 2.29. The molecule has 0 bridgehead atoms. The lowest BCUT2D eigenvalue weighted by atomic mass is 9.81. The number of hydrogen-bond donors (Lipinski definition) is 2. The van der Waals surface area contributed by atoms with Crippen molar-refractivity contribution in [1.82, 2.24) is 10.3 Å². The molecule has 1 saturated carbocycles. The first-order valence-corrected chi connectivity index (χ1v) is 9.20. The van der Waals surface area contributed by atoms with Gasteiger partial charge in [-0.2, -0.15) is 0 Å². The van der Waals surface area contributed by atoms with Gasteiger partial charge in [-0.25, -0.2) is 0 Å². The van der Waals surface area contributed by atoms with E-state index in [1.807, 2.05) is 30.3 Å². The Bertz CT molecular complexity index is 651. The summed E-state index contributed by atoms with van der Waals surface area (Å²) < 4.78 is 0. The largest absolute Gasteiger partial charge is 0.349 e. The Labute approximate surface area is 149 Å². The van der Waals surface area contributed by atoms with Crippen LogP contribution in [0.1, 0.15) is 42.9 Å². The van der Waals surface area contributed by atoms with Gasteiger partial charge in [0.2, 0.25) is 5.91 Å². The normalized spacial score (nSPS) is 21.5. The molecule has 1 aromatic carbocycles. The number of nitrogens with two attached hydrogens (primary N) is 1. The van der Waals surface area contributed by atoms with E-state index in [1.54, 1.807) is 12.4 Å². The first-order chi connectivity index (χ1) is 12.3. The van der Waals surface area contributed by atoms with E-state index in [1.165, 1.54) is 5.56 Å². The fourth-order valence-corrected chi connectivity index (χ4v) is 3.65. The van der Waals surface area contributed by atoms with E-state index in [-0.39, 0.29) is 17.9 Å². The summed E-state index contributed by atoms with van der Waals surface area (Å²) >= 11 is 0. The molecule has 1 heterocycles. The van der Waals surface area contributed by atoms with Gasteiger partial charge in [0.1, 0.15) is 0 Å². The van der Waals surface area contributed by atoms with Crippen LogP contribution in [0, 0.1) is 11.8 Å². The summed E-state index contributed by atoms with van der Waals surface area (Å²) in [7, 11) is 0. The Morgan fingerprint density at radius 3 is 2.40 bits per heavy atom. The van der Waals surface area contributed by atoms with Crippen molar-refractivity contribution < 1.29 is 4.79 Å². The van der Waals surface area contributed by atoms with Crippen LogP contribution in [0.2, 0.25) is 0 Å². The Balaban J connectivity index is 1.68. The predicted octanol–water partition coefficient (Wildman–Crippen LogP) is 3.25. The molecule has 4 heteroatoms. The molecular weight excluding hydrogens is 310 g/mol. The number of nitrogens with zero attached hydrogens (tertiary/aromatic N) is 1. The Morgan fingerprint density at radius 2 is 1.76 bits per heavy atom. The zero-order valence-electron chi connectivity index (χ0n) is 14.6. The van der Waals surface area contributed by atoms with Gasteiger partial charge in [-0.3, -0.25) is 9.78 Å². The molecule has 1 aliphatic rings. The van der Waals surface area contributed by atoms with Crippen molar-refractivity contribution >= 4 is 5.91 Å². The molecule has 3 N–H and O–H groups in total. The maximum Gasteiger partial charge on any atom is 0.223 e. The van der Waals surface area contributed by atoms with Crippen molar-refractivity contribution in [1.29, 1.82) is 0 Å². The first-order valence-electron chi connectivity index (χ1n) is 9.20. The molecule has 1 amide bonds. The van der Waals surface area contributed by atoms with Gasteiger partial charge in [-0.15, -0.1) is 0 Å². The molecule has 0 spiro atoms. The Morgan fingerprint density at radius 1 is 1.08 bits per heavy atom. The van der Waals surface area contributed by atoms with Crippen LogP contribution in [0.4, 0.5) is 0 Å². The number of carbonyl (C=O) groups excluding carboxylic acids is 1. The Hall–Kier alpha value is -2.20. The number of pyridine rings is 1. The maximum absolute atomic E-state index is 12.8. The average Bonchev–Trinajstić information content (AvgIpc) is 2.69. The minimum absolute atomic E-state index is 0.0230. The third kappa shape index (κ3) is 4.89. The van der Waals surface area contributed by atoms with Gasteiger partial charge in [-0.05, 0) is 67.8 Å². The molecule has 1 aromatic heterocycles. The van der Waals surface area contributed by atoms with Crippen LogP contribution >= 0.6 is 0 Å². The van der Waals surface area contributed by atoms with E-state index in [9.17, 15) is 4.79 Å². The standard InChI is InChI=1S/C21H27N3O/c22-15-17-6-8-19(9-7-17)21(25)24-20(18-10-12-23-13-11-18)14-16-4-2-1-3-5-16/h1-5,10-13,17,19-20H,6-9,14-15,22H2,(H,24,25). The fraction of sp³-hybridized carbons (Fsp3) is 0.429. The second kappa shape index (κ2) is 8.77. The van der Waals surface area contributed by atoms with Crippen LogP contribution in [0.5, 0.6) is 0 Å². The molecule has 0 aliphatic heterocycles. The second-order valence-electron chi connectivity index (χ2n) is 6.98. The summed E-state index contributed by atoms with van der Waals surface area (Å²) in [6.45, 7) is 0.738. The van der Waals surface area contributed by atoms with Crippen LogP contribution in [-0.2, 0) is 11.2 Å². The molecule has 4 nitrogen and oxygen atoms in total. The average molecular weight is 337 g/mol. The first kappa shape index (κ1) is 17.6. The van der Waals surface area contributed by atoms with E-state index in [0.717, 1.165) is 44.2 Å². The lowest BCUT2D eigenvalue weighted by Crippen LogP contribution is -2.37. The smallest absolute Gasteiger partial charge is 0.223 e. The number of hydrogen-bond acceptors (Lipinski definition) is 3. The van der Waals surface area contributed by atoms with E-state index < -0.39 is 0 Å². The molecule has 0 radical (unpaired) electrons. The number of amides is 1. The summed E-state index contributed by atoms with van der Waals surface area (Å²) in [5.74, 6) is 0.875. The van der Waals surface area contributed by atoms with Crippen LogP contribution in [0.3, 0.4) is 0 Å². The maximum atomic E-state index is 12.8. The van der Waals surface area contributed by atoms with Crippen LogP contribution < -0.4 is 11.1 Å². The minimum Gasteiger partial charge on any atom is -0.349 e. The summed E-state index contributed by atoms with van der Waals surface area (Å²) in [6.07, 6.45) is 8.37. The molecular formula is C21H27N3O. The van der Waals surface area contributed by atoms with Crippen LogP contribution in [0.15, 0.2) is 54.9 Å². The van der Waals surface area contributed by atoms with Gasteiger partial charge in [0.15, 0.2) is 0 Å². The van der Waals surface area contributed by atoms with Gasteiger partial charge in [0.25, 0.3) is 0 Å². The minimum atomic E-state index is -0.0230. The molecule has 3 rings (SSSR count). The number of aromatic nitrogens is 1. The molecule has 2 aromatic rings. The highest BCUT2D eigenvalue weighted by atomic mass is 16.1. The van der Waals surface area contributed by atoms with Gasteiger partial charge in [0, 0.05) is 18.3 Å². The lowest BCUT2D eigenvalue weighted by molar-refractivity contribution is -0.127. The SMILES string of the molecule is NCC1CCC(C(=O)NC(Cc2ccccc2)c2ccncc2)CC1.